The van der Waals surface area contributed by atoms with Crippen LogP contribution >= 0.6 is 22.9 Å². The standard InChI is InChI=1S/C20H16ClN3OS/c1-24(2)20(25)12-6-7-15(16(21)10-12)18-11-26-19(23-18)14-4-3-5-17-13(14)8-9-22-17/h3-11,22H,1-2H3. The van der Waals surface area contributed by atoms with E-state index >= 15 is 0 Å². The Bertz CT molecular complexity index is 1110. The summed E-state index contributed by atoms with van der Waals surface area (Å²) in [6.07, 6.45) is 1.93. The van der Waals surface area contributed by atoms with Crippen LogP contribution < -0.4 is 0 Å². The minimum Gasteiger partial charge on any atom is -0.361 e. The maximum absolute atomic E-state index is 12.1. The van der Waals surface area contributed by atoms with Crippen LogP contribution in [0, 0.1) is 0 Å². The van der Waals surface area contributed by atoms with Gasteiger partial charge >= 0.3 is 0 Å². The largest absolute Gasteiger partial charge is 0.361 e. The molecule has 2 heterocycles. The van der Waals surface area contributed by atoms with Gasteiger partial charge in [0.25, 0.3) is 5.91 Å². The summed E-state index contributed by atoms with van der Waals surface area (Å²) in [6, 6.07) is 13.5. The predicted molar refractivity (Wildman–Crippen MR) is 108 cm³/mol. The Hall–Kier alpha value is -2.63. The molecule has 130 valence electrons. The van der Waals surface area contributed by atoms with E-state index in [1.807, 2.05) is 29.8 Å². The van der Waals surface area contributed by atoms with Crippen molar-refractivity contribution < 1.29 is 4.79 Å². The second-order valence-corrected chi connectivity index (χ2v) is 7.44. The molecule has 0 bridgehead atoms. The molecular formula is C20H16ClN3OS. The minimum atomic E-state index is -0.0726. The van der Waals surface area contributed by atoms with Crippen molar-refractivity contribution in [1.82, 2.24) is 14.9 Å². The van der Waals surface area contributed by atoms with Crippen LogP contribution in [0.1, 0.15) is 10.4 Å². The number of carbonyl (C=O) groups is 1. The number of hydrogen-bond acceptors (Lipinski definition) is 3. The summed E-state index contributed by atoms with van der Waals surface area (Å²) in [6.45, 7) is 0. The van der Waals surface area contributed by atoms with Gasteiger partial charge in [-0.3, -0.25) is 4.79 Å². The number of thiazole rings is 1. The first kappa shape index (κ1) is 16.8. The Morgan fingerprint density at radius 1 is 1.15 bits per heavy atom. The highest BCUT2D eigenvalue weighted by Crippen LogP contribution is 2.35. The van der Waals surface area contributed by atoms with E-state index in [0.29, 0.717) is 10.6 Å². The third-order valence-electron chi connectivity index (χ3n) is 4.23. The molecule has 4 rings (SSSR count). The van der Waals surface area contributed by atoms with E-state index in [1.54, 1.807) is 37.6 Å². The zero-order valence-corrected chi connectivity index (χ0v) is 15.9. The molecule has 0 radical (unpaired) electrons. The summed E-state index contributed by atoms with van der Waals surface area (Å²) in [5.74, 6) is -0.0726. The summed E-state index contributed by atoms with van der Waals surface area (Å²) in [5.41, 5.74) is 4.38. The molecule has 2 aromatic heterocycles. The van der Waals surface area contributed by atoms with Gasteiger partial charge in [-0.1, -0.05) is 29.8 Å². The number of fused-ring (bicyclic) bond motifs is 1. The molecule has 0 atom stereocenters. The molecule has 0 aliphatic carbocycles. The number of aromatic amines is 1. The van der Waals surface area contributed by atoms with E-state index < -0.39 is 0 Å². The van der Waals surface area contributed by atoms with Gasteiger partial charge < -0.3 is 9.88 Å². The van der Waals surface area contributed by atoms with Gasteiger partial charge in [-0.25, -0.2) is 4.98 Å². The molecule has 1 N–H and O–H groups in total. The van der Waals surface area contributed by atoms with Crippen LogP contribution in [-0.2, 0) is 0 Å². The molecule has 4 nitrogen and oxygen atoms in total. The fourth-order valence-corrected chi connectivity index (χ4v) is 4.04. The number of amides is 1. The average Bonchev–Trinajstić information content (AvgIpc) is 3.29. The van der Waals surface area contributed by atoms with Crippen molar-refractivity contribution in [3.63, 3.8) is 0 Å². The Morgan fingerprint density at radius 3 is 2.77 bits per heavy atom. The van der Waals surface area contributed by atoms with E-state index in [9.17, 15) is 4.79 Å². The highest BCUT2D eigenvalue weighted by atomic mass is 35.5. The molecule has 0 saturated carbocycles. The number of nitrogens with one attached hydrogen (secondary N) is 1. The fourth-order valence-electron chi connectivity index (χ4n) is 2.91. The van der Waals surface area contributed by atoms with Crippen LogP contribution in [0.3, 0.4) is 0 Å². The average molecular weight is 382 g/mol. The Kier molecular flexibility index (Phi) is 4.26. The first-order valence-corrected chi connectivity index (χ1v) is 9.34. The van der Waals surface area contributed by atoms with Crippen LogP contribution in [0.5, 0.6) is 0 Å². The quantitative estimate of drug-likeness (QED) is 0.522. The van der Waals surface area contributed by atoms with Crippen LogP contribution in [0.15, 0.2) is 54.0 Å². The molecule has 1 amide bonds. The molecule has 0 aliphatic rings. The monoisotopic (exact) mass is 381 g/mol. The van der Waals surface area contributed by atoms with Crippen molar-refractivity contribution in [2.24, 2.45) is 0 Å². The maximum atomic E-state index is 12.1. The van der Waals surface area contributed by atoms with Gasteiger partial charge in [0.15, 0.2) is 0 Å². The minimum absolute atomic E-state index is 0.0726. The lowest BCUT2D eigenvalue weighted by atomic mass is 10.1. The first-order valence-electron chi connectivity index (χ1n) is 8.08. The molecule has 4 aromatic rings. The number of aromatic nitrogens is 2. The lowest BCUT2D eigenvalue weighted by Crippen LogP contribution is -2.21. The lowest BCUT2D eigenvalue weighted by Gasteiger charge is -2.11. The van der Waals surface area contributed by atoms with Crippen molar-refractivity contribution >= 4 is 39.7 Å². The number of hydrogen-bond donors (Lipinski definition) is 1. The van der Waals surface area contributed by atoms with Crippen molar-refractivity contribution in [1.29, 1.82) is 0 Å². The second kappa shape index (κ2) is 6.59. The molecule has 6 heteroatoms. The zero-order chi connectivity index (χ0) is 18.3. The van der Waals surface area contributed by atoms with Gasteiger partial charge in [0.1, 0.15) is 5.01 Å². The molecule has 0 aliphatic heterocycles. The van der Waals surface area contributed by atoms with Crippen molar-refractivity contribution in [2.45, 2.75) is 0 Å². The Morgan fingerprint density at radius 2 is 2.00 bits per heavy atom. The van der Waals surface area contributed by atoms with E-state index in [4.69, 9.17) is 16.6 Å². The number of nitrogens with zero attached hydrogens (tertiary/aromatic N) is 2. The predicted octanol–water partition coefficient (Wildman–Crippen LogP) is 5.31. The van der Waals surface area contributed by atoms with E-state index in [-0.39, 0.29) is 5.91 Å². The van der Waals surface area contributed by atoms with Gasteiger partial charge in [-0.05, 0) is 24.3 Å². The van der Waals surface area contributed by atoms with Gasteiger partial charge in [0.05, 0.1) is 10.7 Å². The summed E-state index contributed by atoms with van der Waals surface area (Å²) in [5, 5.41) is 4.60. The molecule has 2 aromatic carbocycles. The van der Waals surface area contributed by atoms with Crippen LogP contribution in [-0.4, -0.2) is 34.9 Å². The van der Waals surface area contributed by atoms with Gasteiger partial charge in [-0.15, -0.1) is 11.3 Å². The van der Waals surface area contributed by atoms with E-state index in [1.165, 1.54) is 4.90 Å². The zero-order valence-electron chi connectivity index (χ0n) is 14.3. The van der Waals surface area contributed by atoms with Crippen molar-refractivity contribution in [2.75, 3.05) is 14.1 Å². The molecule has 0 fully saturated rings. The first-order chi connectivity index (χ1) is 12.5. The Labute approximate surface area is 160 Å². The van der Waals surface area contributed by atoms with Gasteiger partial charge in [0.2, 0.25) is 0 Å². The Balaban J connectivity index is 1.73. The van der Waals surface area contributed by atoms with Crippen LogP contribution in [0.4, 0.5) is 0 Å². The topological polar surface area (TPSA) is 49.0 Å². The number of H-pyrrole nitrogens is 1. The third kappa shape index (κ3) is 2.89. The van der Waals surface area contributed by atoms with Gasteiger partial charge in [-0.2, -0.15) is 0 Å². The smallest absolute Gasteiger partial charge is 0.253 e. The molecule has 0 saturated heterocycles. The SMILES string of the molecule is CN(C)C(=O)c1ccc(-c2csc(-c3cccc4[nH]ccc34)n2)c(Cl)c1. The maximum Gasteiger partial charge on any atom is 0.253 e. The fraction of sp³-hybridized carbons (Fsp3) is 0.100. The lowest BCUT2D eigenvalue weighted by molar-refractivity contribution is 0.0827. The molecule has 0 spiro atoms. The second-order valence-electron chi connectivity index (χ2n) is 6.18. The molecular weight excluding hydrogens is 366 g/mol. The summed E-state index contributed by atoms with van der Waals surface area (Å²) < 4.78 is 0. The number of halogens is 1. The highest BCUT2D eigenvalue weighted by Gasteiger charge is 2.15. The van der Waals surface area contributed by atoms with E-state index in [0.717, 1.165) is 32.7 Å². The van der Waals surface area contributed by atoms with Gasteiger partial charge in [0, 0.05) is 53.3 Å². The van der Waals surface area contributed by atoms with E-state index in [2.05, 4.69) is 17.1 Å². The number of rotatable bonds is 3. The number of benzene rings is 2. The highest BCUT2D eigenvalue weighted by molar-refractivity contribution is 7.13. The normalized spacial score (nSPS) is 11.0. The van der Waals surface area contributed by atoms with Crippen molar-refractivity contribution in [3.05, 3.63) is 64.6 Å². The number of carbonyl (C=O) groups excluding carboxylic acids is 1. The van der Waals surface area contributed by atoms with Crippen LogP contribution in [0.2, 0.25) is 5.02 Å². The van der Waals surface area contributed by atoms with Crippen LogP contribution in [0.25, 0.3) is 32.7 Å². The molecule has 0 unspecified atom stereocenters. The summed E-state index contributed by atoms with van der Waals surface area (Å²) >= 11 is 8.02. The van der Waals surface area contributed by atoms with Crippen molar-refractivity contribution in [3.8, 4) is 21.8 Å². The molecule has 26 heavy (non-hydrogen) atoms. The third-order valence-corrected chi connectivity index (χ3v) is 5.42. The summed E-state index contributed by atoms with van der Waals surface area (Å²) in [4.78, 5) is 21.6. The summed E-state index contributed by atoms with van der Waals surface area (Å²) in [7, 11) is 3.44.